The van der Waals surface area contributed by atoms with Gasteiger partial charge in [0.2, 0.25) is 0 Å². The summed E-state index contributed by atoms with van der Waals surface area (Å²) < 4.78 is 0. The highest BCUT2D eigenvalue weighted by molar-refractivity contribution is 6.38. The first kappa shape index (κ1) is 8.62. The number of aromatic amines is 1. The van der Waals surface area contributed by atoms with Crippen molar-refractivity contribution in [3.8, 4) is 23.1 Å². The maximum Gasteiger partial charge on any atom is 0.189 e. The molecule has 0 saturated heterocycles. The van der Waals surface area contributed by atoms with Crippen molar-refractivity contribution in [1.29, 1.82) is 0 Å². The van der Waals surface area contributed by atoms with Gasteiger partial charge in [0, 0.05) is 11.5 Å². The molecule has 2 radical (unpaired) electrons. The van der Waals surface area contributed by atoms with Gasteiger partial charge in [-0.2, -0.15) is 0 Å². The molecule has 14 heavy (non-hydrogen) atoms. The van der Waals surface area contributed by atoms with E-state index in [4.69, 9.17) is 13.0 Å². The second-order valence-corrected chi connectivity index (χ2v) is 2.90. The lowest BCUT2D eigenvalue weighted by Crippen LogP contribution is -2.03. The van der Waals surface area contributed by atoms with E-state index >= 15 is 0 Å². The van der Waals surface area contributed by atoms with Crippen molar-refractivity contribution in [3.05, 3.63) is 6.07 Å². The van der Waals surface area contributed by atoms with Gasteiger partial charge in [0.05, 0.1) is 5.52 Å². The lowest BCUT2D eigenvalue weighted by atomic mass is 9.91. The summed E-state index contributed by atoms with van der Waals surface area (Å²) >= 11 is 0. The number of hydrogen-bond donors (Lipinski definition) is 5. The molecule has 5 N–H and O–H groups in total. The van der Waals surface area contributed by atoms with Gasteiger partial charge in [0.1, 0.15) is 13.6 Å². The molecule has 1 heterocycles. The van der Waals surface area contributed by atoms with Crippen LogP contribution >= 0.6 is 0 Å². The Morgan fingerprint density at radius 2 is 1.64 bits per heavy atom. The van der Waals surface area contributed by atoms with E-state index < -0.39 is 11.5 Å². The number of phenols is 3. The van der Waals surface area contributed by atoms with Crippen LogP contribution in [-0.4, -0.2) is 33.3 Å². The van der Waals surface area contributed by atoms with E-state index in [1.165, 1.54) is 6.07 Å². The van der Waals surface area contributed by atoms with Crippen LogP contribution in [0.1, 0.15) is 0 Å². The zero-order valence-electron chi connectivity index (χ0n) is 6.94. The molecule has 0 saturated carbocycles. The second kappa shape index (κ2) is 2.51. The van der Waals surface area contributed by atoms with Gasteiger partial charge in [-0.1, -0.05) is 0 Å². The van der Waals surface area contributed by atoms with Crippen LogP contribution in [0.25, 0.3) is 10.9 Å². The third kappa shape index (κ3) is 0.906. The average molecular weight is 191 g/mol. The Morgan fingerprint density at radius 1 is 1.00 bits per heavy atom. The van der Waals surface area contributed by atoms with Crippen LogP contribution in [0.3, 0.4) is 0 Å². The molecule has 0 unspecified atom stereocenters. The van der Waals surface area contributed by atoms with Gasteiger partial charge < -0.3 is 25.4 Å². The molecule has 1 aromatic carbocycles. The average Bonchev–Trinajstić information content (AvgIpc) is 2.54. The van der Waals surface area contributed by atoms with Crippen LogP contribution in [0, 0.1) is 0 Å². The zero-order valence-corrected chi connectivity index (χ0v) is 6.94. The molecule has 0 bridgehead atoms. The van der Waals surface area contributed by atoms with E-state index in [1.807, 2.05) is 0 Å². The molecular weight excluding hydrogens is 185 g/mol. The van der Waals surface area contributed by atoms with Crippen LogP contribution in [0.15, 0.2) is 6.07 Å². The Labute approximate surface area is 79.7 Å². The predicted octanol–water partition coefficient (Wildman–Crippen LogP) is -0.216. The Kier molecular flexibility index (Phi) is 1.54. The maximum absolute atomic E-state index is 9.45. The molecule has 2 aromatic rings. The zero-order chi connectivity index (χ0) is 10.5. The van der Waals surface area contributed by atoms with Crippen LogP contribution in [0.4, 0.5) is 0 Å². The van der Waals surface area contributed by atoms with Gasteiger partial charge in [0.25, 0.3) is 0 Å². The lowest BCUT2D eigenvalue weighted by Gasteiger charge is -2.06. The quantitative estimate of drug-likeness (QED) is 0.226. The Hall–Kier alpha value is -1.98. The number of nitrogens with one attached hydrogen (secondary N) is 1. The minimum absolute atomic E-state index is 0.0340. The van der Waals surface area contributed by atoms with Crippen LogP contribution < -0.4 is 5.46 Å². The molecule has 0 atom stereocenters. The first-order chi connectivity index (χ1) is 6.52. The SMILES string of the molecule is [B]c1c(O)c(O)c2[nH]c(O)cc2c1O. The fourth-order valence-corrected chi connectivity index (χ4v) is 1.32. The summed E-state index contributed by atoms with van der Waals surface area (Å²) in [6.45, 7) is 0. The van der Waals surface area contributed by atoms with Gasteiger partial charge in [-0.25, -0.2) is 0 Å². The summed E-state index contributed by atoms with van der Waals surface area (Å²) in [6, 6.07) is 1.19. The Bertz CT molecular complexity index is 475. The van der Waals surface area contributed by atoms with Gasteiger partial charge in [0.15, 0.2) is 17.4 Å². The van der Waals surface area contributed by atoms with Crippen LogP contribution in [0.5, 0.6) is 23.1 Å². The summed E-state index contributed by atoms with van der Waals surface area (Å²) in [5.41, 5.74) is -0.291. The number of rotatable bonds is 0. The third-order valence-electron chi connectivity index (χ3n) is 2.03. The number of aromatic hydroxyl groups is 4. The summed E-state index contributed by atoms with van der Waals surface area (Å²) in [7, 11) is 5.30. The molecule has 0 amide bonds. The summed E-state index contributed by atoms with van der Waals surface area (Å²) in [5.74, 6) is -1.74. The van der Waals surface area contributed by atoms with Crippen molar-refractivity contribution in [2.24, 2.45) is 0 Å². The third-order valence-corrected chi connectivity index (χ3v) is 2.03. The summed E-state index contributed by atoms with van der Waals surface area (Å²) in [6.07, 6.45) is 0. The van der Waals surface area contributed by atoms with Crippen molar-refractivity contribution >= 4 is 24.2 Å². The molecule has 2 rings (SSSR count). The number of fused-ring (bicyclic) bond motifs is 1. The topological polar surface area (TPSA) is 96.7 Å². The largest absolute Gasteiger partial charge is 0.508 e. The highest BCUT2D eigenvalue weighted by Gasteiger charge is 2.16. The van der Waals surface area contributed by atoms with E-state index in [2.05, 4.69) is 4.98 Å². The van der Waals surface area contributed by atoms with Gasteiger partial charge >= 0.3 is 0 Å². The van der Waals surface area contributed by atoms with E-state index in [9.17, 15) is 15.3 Å². The minimum Gasteiger partial charge on any atom is -0.508 e. The number of hydrogen-bond acceptors (Lipinski definition) is 4. The normalized spacial score (nSPS) is 10.9. The minimum atomic E-state index is -0.614. The molecule has 0 aliphatic rings. The number of H-pyrrole nitrogens is 1. The molecular formula is C8H6BNO4. The smallest absolute Gasteiger partial charge is 0.189 e. The fraction of sp³-hybridized carbons (Fsp3) is 0. The monoisotopic (exact) mass is 191 g/mol. The van der Waals surface area contributed by atoms with Gasteiger partial charge in [-0.05, 0) is 5.46 Å². The molecule has 5 nitrogen and oxygen atoms in total. The Morgan fingerprint density at radius 3 is 2.29 bits per heavy atom. The van der Waals surface area contributed by atoms with Gasteiger partial charge in [-0.15, -0.1) is 0 Å². The highest BCUT2D eigenvalue weighted by Crippen LogP contribution is 2.38. The number of benzene rings is 1. The first-order valence-corrected chi connectivity index (χ1v) is 3.76. The molecule has 0 aliphatic heterocycles. The van der Waals surface area contributed by atoms with Crippen molar-refractivity contribution in [3.63, 3.8) is 0 Å². The van der Waals surface area contributed by atoms with Crippen molar-refractivity contribution in [1.82, 2.24) is 4.98 Å². The standard InChI is InChI=1S/C8H6BNO4/c9-4-6(12)2-1-3(11)10-5(2)8(14)7(4)13/h1,10-14H. The molecule has 0 spiro atoms. The lowest BCUT2D eigenvalue weighted by molar-refractivity contribution is 0.405. The van der Waals surface area contributed by atoms with Crippen LogP contribution in [-0.2, 0) is 0 Å². The van der Waals surface area contributed by atoms with Crippen molar-refractivity contribution in [2.75, 3.05) is 0 Å². The van der Waals surface area contributed by atoms with Crippen LogP contribution in [0.2, 0.25) is 0 Å². The van der Waals surface area contributed by atoms with E-state index in [0.29, 0.717) is 0 Å². The van der Waals surface area contributed by atoms with Gasteiger partial charge in [-0.3, -0.25) is 0 Å². The van der Waals surface area contributed by atoms with E-state index in [0.717, 1.165) is 0 Å². The summed E-state index contributed by atoms with van der Waals surface area (Å²) in [5, 5.41) is 37.3. The predicted molar refractivity (Wildman–Crippen MR) is 50.3 cm³/mol. The van der Waals surface area contributed by atoms with E-state index in [-0.39, 0.29) is 28.0 Å². The van der Waals surface area contributed by atoms with Crippen molar-refractivity contribution < 1.29 is 20.4 Å². The highest BCUT2D eigenvalue weighted by atomic mass is 16.3. The molecule has 70 valence electrons. The molecule has 0 fully saturated rings. The summed E-state index contributed by atoms with van der Waals surface area (Å²) in [4.78, 5) is 2.37. The fourth-order valence-electron chi connectivity index (χ4n) is 1.32. The molecule has 0 aliphatic carbocycles. The second-order valence-electron chi connectivity index (χ2n) is 2.90. The maximum atomic E-state index is 9.45. The number of phenolic OH excluding ortho intramolecular Hbond substituents is 3. The van der Waals surface area contributed by atoms with E-state index in [1.54, 1.807) is 0 Å². The molecule has 6 heteroatoms. The number of aromatic nitrogens is 1. The van der Waals surface area contributed by atoms with Crippen molar-refractivity contribution in [2.45, 2.75) is 0 Å². The first-order valence-electron chi connectivity index (χ1n) is 3.76. The molecule has 1 aromatic heterocycles. The Balaban J connectivity index is 3.01.